The highest BCUT2D eigenvalue weighted by molar-refractivity contribution is 7.49. The van der Waals surface area contributed by atoms with E-state index in [2.05, 4.69) is 43.5 Å². The number of rotatable bonds is 33. The molecule has 0 atom stereocenters. The van der Waals surface area contributed by atoms with E-state index in [1.807, 2.05) is 60.7 Å². The normalized spacial score (nSPS) is 11.5. The molecule has 0 fully saturated rings. The molecule has 8 nitrogen and oxygen atoms in total. The third kappa shape index (κ3) is 23.9. The van der Waals surface area contributed by atoms with E-state index in [9.17, 15) is 9.13 Å². The predicted octanol–water partition coefficient (Wildman–Crippen LogP) is 16.5. The number of phosphoric ester groups is 2. The van der Waals surface area contributed by atoms with Crippen molar-refractivity contribution < 1.29 is 37.0 Å². The molecule has 4 rings (SSSR count). The first-order chi connectivity index (χ1) is 30.2. The number of para-hydroxylation sites is 3. The Kier molecular flexibility index (Phi) is 27.6. The largest absolute Gasteiger partial charge is 0.647 e. The van der Waals surface area contributed by atoms with E-state index >= 15 is 0 Å². The van der Waals surface area contributed by atoms with E-state index in [4.69, 9.17) is 23.4 Å². The van der Waals surface area contributed by atoms with Crippen molar-refractivity contribution in [1.29, 1.82) is 0 Å². The third-order valence-corrected chi connectivity index (χ3v) is 12.7. The number of hydrogen-bond acceptors (Lipinski definition) is 6. The van der Waals surface area contributed by atoms with Gasteiger partial charge in [0.25, 0.3) is 0 Å². The van der Waals surface area contributed by atoms with Gasteiger partial charge in [-0.05, 0) is 79.0 Å². The van der Waals surface area contributed by atoms with Crippen molar-refractivity contribution >= 4 is 15.6 Å². The van der Waals surface area contributed by atoms with Crippen LogP contribution in [0.3, 0.4) is 0 Å². The monoisotopic (exact) mass is 893 g/mol. The molecule has 0 amide bonds. The number of hydrogen-bond donors (Lipinski definition) is 2. The Balaban J connectivity index is 0.000000732. The molecule has 4 aromatic rings. The van der Waals surface area contributed by atoms with Crippen LogP contribution in [0.5, 0.6) is 17.2 Å². The zero-order valence-electron chi connectivity index (χ0n) is 38.2. The summed E-state index contributed by atoms with van der Waals surface area (Å²) in [5.74, 6) is 1.74. The molecule has 2 N–H and O–H groups in total. The standard InChI is InChI=1S/C45H69O4P.C7H9O4P/c1-4-7-10-13-16-19-22-31-40-34-25-28-37-43(40)47-50(46,48-44-38-29-26-35-41(44)32-23-20-17-14-11-8-5-2)49-45-39-30-27-36-42(45)33-24-21-18-15-12-9-6-3;8-12(9,10)11-6-7-4-2-1-3-5-7/h25-30,34-39H,4-24,31-33H2,1-3H3;1-5H,6H2,(H2,8,9,10). The molecule has 0 radical (unpaired) electrons. The van der Waals surface area contributed by atoms with Gasteiger partial charge in [0.05, 0.1) is 6.61 Å². The van der Waals surface area contributed by atoms with Gasteiger partial charge in [-0.2, -0.15) is 4.57 Å². The first-order valence-corrected chi connectivity index (χ1v) is 26.8. The van der Waals surface area contributed by atoms with Crippen LogP contribution in [0.15, 0.2) is 103 Å². The molecule has 4 aromatic carbocycles. The molecule has 0 spiro atoms. The smallest absolute Gasteiger partial charge is 0.386 e. The molecule has 0 saturated carbocycles. The summed E-state index contributed by atoms with van der Waals surface area (Å²) in [6, 6.07) is 32.7. The van der Waals surface area contributed by atoms with E-state index in [1.165, 1.54) is 116 Å². The first-order valence-electron chi connectivity index (χ1n) is 23.8. The fraction of sp³-hybridized carbons (Fsp3) is 0.538. The topological polar surface area (TPSA) is 112 Å². The summed E-state index contributed by atoms with van der Waals surface area (Å²) in [5.41, 5.74) is 3.87. The maximum atomic E-state index is 14.9. The predicted molar refractivity (Wildman–Crippen MR) is 257 cm³/mol. The molecular weight excluding hydrogens is 815 g/mol. The van der Waals surface area contributed by atoms with Crippen LogP contribution >= 0.6 is 15.6 Å². The number of benzene rings is 4. The average molecular weight is 893 g/mol. The van der Waals surface area contributed by atoms with Crippen molar-refractivity contribution in [2.45, 2.75) is 181 Å². The molecule has 0 aliphatic rings. The molecule has 62 heavy (non-hydrogen) atoms. The van der Waals surface area contributed by atoms with E-state index in [-0.39, 0.29) is 6.61 Å². The minimum absolute atomic E-state index is 0.0644. The zero-order chi connectivity index (χ0) is 44.6. The Morgan fingerprint density at radius 2 is 0.677 bits per heavy atom. The molecule has 10 heteroatoms. The fourth-order valence-electron chi connectivity index (χ4n) is 7.37. The van der Waals surface area contributed by atoms with Crippen molar-refractivity contribution in [3.63, 3.8) is 0 Å². The molecule has 344 valence electrons. The second kappa shape index (κ2) is 32.3. The fourth-order valence-corrected chi connectivity index (χ4v) is 9.05. The third-order valence-electron chi connectivity index (χ3n) is 10.9. The summed E-state index contributed by atoms with van der Waals surface area (Å²) in [6.07, 6.45) is 28.7. The minimum atomic E-state index is -4.33. The molecule has 0 aliphatic carbocycles. The summed E-state index contributed by atoms with van der Waals surface area (Å²) in [6.45, 7) is 6.71. The summed E-state index contributed by atoms with van der Waals surface area (Å²) < 4.78 is 48.8. The Morgan fingerprint density at radius 1 is 0.387 bits per heavy atom. The second-order valence-corrected chi connectivity index (χ2v) is 19.1. The van der Waals surface area contributed by atoms with Gasteiger partial charge in [-0.1, -0.05) is 221 Å². The Hall–Kier alpha value is -3.38. The van der Waals surface area contributed by atoms with Crippen LogP contribution in [0.4, 0.5) is 0 Å². The molecule has 0 unspecified atom stereocenters. The summed E-state index contributed by atoms with van der Waals surface area (Å²) >= 11 is 0. The van der Waals surface area contributed by atoms with Crippen molar-refractivity contribution in [3.8, 4) is 17.2 Å². The Bertz CT molecular complexity index is 1670. The van der Waals surface area contributed by atoms with Crippen LogP contribution in [0.25, 0.3) is 0 Å². The van der Waals surface area contributed by atoms with E-state index in [1.54, 1.807) is 24.3 Å². The highest BCUT2D eigenvalue weighted by Crippen LogP contribution is 2.52. The van der Waals surface area contributed by atoms with Crippen LogP contribution in [0, 0.1) is 0 Å². The van der Waals surface area contributed by atoms with E-state index < -0.39 is 15.6 Å². The molecule has 0 aliphatic heterocycles. The molecule has 0 heterocycles. The maximum absolute atomic E-state index is 14.9. The quantitative estimate of drug-likeness (QED) is 0.0359. The minimum Gasteiger partial charge on any atom is -0.386 e. The van der Waals surface area contributed by atoms with Gasteiger partial charge in [0.1, 0.15) is 17.2 Å². The Labute approximate surface area is 375 Å². The first kappa shape index (κ1) is 53.0. The average Bonchev–Trinajstić information content (AvgIpc) is 3.26. The van der Waals surface area contributed by atoms with Crippen molar-refractivity contribution in [2.75, 3.05) is 0 Å². The lowest BCUT2D eigenvalue weighted by Gasteiger charge is -2.23. The number of aryl methyl sites for hydroxylation is 3. The van der Waals surface area contributed by atoms with Crippen LogP contribution in [-0.2, 0) is 39.5 Å². The van der Waals surface area contributed by atoms with Gasteiger partial charge >= 0.3 is 15.6 Å². The van der Waals surface area contributed by atoms with Gasteiger partial charge in [0, 0.05) is 0 Å². The van der Waals surface area contributed by atoms with Gasteiger partial charge in [0.2, 0.25) is 0 Å². The summed E-state index contributed by atoms with van der Waals surface area (Å²) in [5, 5.41) is 0. The van der Waals surface area contributed by atoms with Gasteiger partial charge in [-0.3, -0.25) is 4.52 Å². The summed E-state index contributed by atoms with van der Waals surface area (Å²) in [7, 11) is -8.47. The lowest BCUT2D eigenvalue weighted by molar-refractivity contribution is 0.189. The lowest BCUT2D eigenvalue weighted by Crippen LogP contribution is -2.10. The van der Waals surface area contributed by atoms with Crippen molar-refractivity contribution in [1.82, 2.24) is 0 Å². The van der Waals surface area contributed by atoms with Gasteiger partial charge in [-0.25, -0.2) is 4.57 Å². The lowest BCUT2D eigenvalue weighted by atomic mass is 10.0. The van der Waals surface area contributed by atoms with Crippen LogP contribution in [0.1, 0.15) is 178 Å². The van der Waals surface area contributed by atoms with Crippen LogP contribution in [-0.4, -0.2) is 9.79 Å². The molecule has 0 bridgehead atoms. The van der Waals surface area contributed by atoms with Crippen LogP contribution < -0.4 is 13.6 Å². The maximum Gasteiger partial charge on any atom is 0.647 e. The van der Waals surface area contributed by atoms with Crippen molar-refractivity contribution in [3.05, 3.63) is 125 Å². The van der Waals surface area contributed by atoms with Crippen LogP contribution in [0.2, 0.25) is 0 Å². The second-order valence-electron chi connectivity index (χ2n) is 16.4. The SMILES string of the molecule is CCCCCCCCCc1ccccc1OP(=O)(Oc1ccccc1CCCCCCCCC)Oc1ccccc1CCCCCCCCC.O=P(O)(O)OCc1ccccc1. The van der Waals surface area contributed by atoms with Gasteiger partial charge in [0.15, 0.2) is 0 Å². The van der Waals surface area contributed by atoms with Crippen molar-refractivity contribution in [2.24, 2.45) is 0 Å². The summed E-state index contributed by atoms with van der Waals surface area (Å²) in [4.78, 5) is 16.7. The highest BCUT2D eigenvalue weighted by atomic mass is 31.2. The molecule has 0 aromatic heterocycles. The van der Waals surface area contributed by atoms with Gasteiger partial charge in [-0.15, -0.1) is 0 Å². The molecular formula is C52H78O8P2. The zero-order valence-corrected chi connectivity index (χ0v) is 40.0. The highest BCUT2D eigenvalue weighted by Gasteiger charge is 2.35. The van der Waals surface area contributed by atoms with E-state index in [0.29, 0.717) is 17.2 Å². The van der Waals surface area contributed by atoms with E-state index in [0.717, 1.165) is 60.8 Å². The Morgan fingerprint density at radius 3 is 1.00 bits per heavy atom. The molecule has 0 saturated heterocycles. The van der Waals surface area contributed by atoms with Gasteiger partial charge < -0.3 is 23.4 Å². The number of unbranched alkanes of at least 4 members (excludes halogenated alkanes) is 18. The number of phosphoric acid groups is 2.